The van der Waals surface area contributed by atoms with Crippen molar-refractivity contribution in [2.75, 3.05) is 6.54 Å². The van der Waals surface area contributed by atoms with Gasteiger partial charge in [0.05, 0.1) is 0 Å². The number of carbonyl (C=O) groups excluding carboxylic acids is 2. The molecule has 1 atom stereocenters. The molecule has 0 rings (SSSR count). The summed E-state index contributed by atoms with van der Waals surface area (Å²) in [6.07, 6.45) is 41.0. The number of nitrogens with one attached hydrogen (secondary N) is 1. The number of hydrogen-bond acceptors (Lipinski definition) is 4. The van der Waals surface area contributed by atoms with Gasteiger partial charge in [0.25, 0.3) is 0 Å². The summed E-state index contributed by atoms with van der Waals surface area (Å²) in [5, 5.41) is 11.0. The van der Waals surface area contributed by atoms with E-state index in [0.29, 0.717) is 12.8 Å². The fourth-order valence-electron chi connectivity index (χ4n) is 5.98. The predicted molar refractivity (Wildman–Crippen MR) is 194 cm³/mol. The van der Waals surface area contributed by atoms with E-state index in [1.165, 1.54) is 122 Å². The molecule has 1 unspecified atom stereocenters. The minimum Gasteiger partial charge on any atom is -0.480 e. The molecule has 0 aliphatic heterocycles. The Balaban J connectivity index is 3.64. The van der Waals surface area contributed by atoms with E-state index in [1.54, 1.807) is 0 Å². The molecule has 0 aliphatic carbocycles. The number of allylic oxidation sites excluding steroid dienone is 2. The zero-order valence-electron chi connectivity index (χ0n) is 30.4. The summed E-state index contributed by atoms with van der Waals surface area (Å²) in [6.45, 7) is 4.13. The lowest BCUT2D eigenvalue weighted by Gasteiger charge is -2.18. The summed E-state index contributed by atoms with van der Waals surface area (Å²) in [5.41, 5.74) is 0. The molecule has 0 heterocycles. The van der Waals surface area contributed by atoms with Gasteiger partial charge in [-0.05, 0) is 64.2 Å². The van der Waals surface area contributed by atoms with Crippen molar-refractivity contribution < 1.29 is 24.2 Å². The minimum atomic E-state index is -1.03. The Bertz CT molecular complexity index is 722. The van der Waals surface area contributed by atoms with Crippen LogP contribution in [0, 0.1) is 0 Å². The van der Waals surface area contributed by atoms with Crippen LogP contribution in [0.25, 0.3) is 0 Å². The smallest absolute Gasteiger partial charge is 0.322 e. The molecule has 0 aliphatic rings. The molecule has 270 valence electrons. The SMILES string of the molecule is CCCCCCCCCC/C=C\CCCCCCCCCCCCCC(=O)OC(CCCCC)CCCCCC(=O)NCC(=O)O. The standard InChI is InChI=1S/C40H75NO5/c1-3-5-7-8-9-10-11-12-13-14-15-16-17-18-19-20-21-22-23-24-25-26-31-35-40(45)46-37(32-28-6-4-2)33-29-27-30-34-38(42)41-36-39(43)44/h14-15,37H,3-13,16-36H2,1-2H3,(H,41,42)(H,43,44)/b15-14-. The molecule has 0 radical (unpaired) electrons. The summed E-state index contributed by atoms with van der Waals surface area (Å²) in [5.74, 6) is -1.31. The van der Waals surface area contributed by atoms with Gasteiger partial charge in [0.15, 0.2) is 0 Å². The summed E-state index contributed by atoms with van der Waals surface area (Å²) < 4.78 is 5.85. The molecule has 0 bridgehead atoms. The highest BCUT2D eigenvalue weighted by molar-refractivity contribution is 5.80. The van der Waals surface area contributed by atoms with E-state index in [9.17, 15) is 14.4 Å². The Hall–Kier alpha value is -1.85. The molecule has 0 fully saturated rings. The van der Waals surface area contributed by atoms with Crippen LogP contribution >= 0.6 is 0 Å². The third kappa shape index (κ3) is 35.0. The van der Waals surface area contributed by atoms with Crippen molar-refractivity contribution in [3.05, 3.63) is 12.2 Å². The van der Waals surface area contributed by atoms with Crippen molar-refractivity contribution in [3.63, 3.8) is 0 Å². The number of unbranched alkanes of at least 4 members (excludes halogenated alkanes) is 23. The molecule has 0 aromatic rings. The van der Waals surface area contributed by atoms with Crippen LogP contribution in [0.4, 0.5) is 0 Å². The maximum absolute atomic E-state index is 12.5. The van der Waals surface area contributed by atoms with Crippen LogP contribution in [0.1, 0.15) is 213 Å². The summed E-state index contributed by atoms with van der Waals surface area (Å²) in [6, 6.07) is 0. The van der Waals surface area contributed by atoms with Crippen molar-refractivity contribution in [2.24, 2.45) is 0 Å². The van der Waals surface area contributed by atoms with Gasteiger partial charge in [-0.25, -0.2) is 0 Å². The quantitative estimate of drug-likeness (QED) is 0.0400. The Labute approximate surface area is 284 Å². The van der Waals surface area contributed by atoms with Crippen molar-refractivity contribution in [3.8, 4) is 0 Å². The number of ether oxygens (including phenoxy) is 1. The molecular weight excluding hydrogens is 574 g/mol. The first-order chi connectivity index (χ1) is 22.5. The first-order valence-corrected chi connectivity index (χ1v) is 19.8. The molecule has 6 heteroatoms. The van der Waals surface area contributed by atoms with Crippen LogP contribution in [-0.4, -0.2) is 35.6 Å². The predicted octanol–water partition coefficient (Wildman–Crippen LogP) is 11.8. The number of carboxylic acid groups (broad SMARTS) is 1. The summed E-state index contributed by atoms with van der Waals surface area (Å²) in [4.78, 5) is 34.7. The minimum absolute atomic E-state index is 0.0270. The lowest BCUT2D eigenvalue weighted by atomic mass is 10.0. The van der Waals surface area contributed by atoms with Crippen LogP contribution in [-0.2, 0) is 19.1 Å². The number of esters is 1. The van der Waals surface area contributed by atoms with Gasteiger partial charge in [-0.1, -0.05) is 148 Å². The van der Waals surface area contributed by atoms with E-state index < -0.39 is 5.97 Å². The van der Waals surface area contributed by atoms with E-state index in [1.807, 2.05) is 0 Å². The summed E-state index contributed by atoms with van der Waals surface area (Å²) >= 11 is 0. The molecule has 0 aromatic heterocycles. The van der Waals surface area contributed by atoms with Crippen LogP contribution in [0.3, 0.4) is 0 Å². The monoisotopic (exact) mass is 650 g/mol. The van der Waals surface area contributed by atoms with Gasteiger partial charge in [-0.3, -0.25) is 14.4 Å². The first kappa shape index (κ1) is 44.1. The van der Waals surface area contributed by atoms with Crippen molar-refractivity contribution in [1.29, 1.82) is 0 Å². The van der Waals surface area contributed by atoms with E-state index in [0.717, 1.165) is 64.2 Å². The van der Waals surface area contributed by atoms with Gasteiger partial charge in [-0.2, -0.15) is 0 Å². The van der Waals surface area contributed by atoms with Crippen molar-refractivity contribution in [2.45, 2.75) is 219 Å². The Morgan fingerprint density at radius 3 is 1.43 bits per heavy atom. The fraction of sp³-hybridized carbons (Fsp3) is 0.875. The van der Waals surface area contributed by atoms with Crippen molar-refractivity contribution in [1.82, 2.24) is 5.32 Å². The second-order valence-electron chi connectivity index (χ2n) is 13.5. The van der Waals surface area contributed by atoms with E-state index in [2.05, 4.69) is 31.3 Å². The largest absolute Gasteiger partial charge is 0.480 e. The highest BCUT2D eigenvalue weighted by atomic mass is 16.5. The zero-order chi connectivity index (χ0) is 33.8. The number of carbonyl (C=O) groups is 3. The fourth-order valence-corrected chi connectivity index (χ4v) is 5.98. The van der Waals surface area contributed by atoms with Crippen LogP contribution in [0.5, 0.6) is 0 Å². The molecule has 1 amide bonds. The average molecular weight is 650 g/mol. The Morgan fingerprint density at radius 2 is 0.935 bits per heavy atom. The molecule has 0 spiro atoms. The van der Waals surface area contributed by atoms with Crippen LogP contribution in [0.2, 0.25) is 0 Å². The molecule has 0 saturated heterocycles. The third-order valence-electron chi connectivity index (χ3n) is 8.94. The summed E-state index contributed by atoms with van der Waals surface area (Å²) in [7, 11) is 0. The van der Waals surface area contributed by atoms with Gasteiger partial charge in [0.1, 0.15) is 12.6 Å². The molecule has 6 nitrogen and oxygen atoms in total. The maximum atomic E-state index is 12.5. The topological polar surface area (TPSA) is 92.7 Å². The number of carboxylic acids is 1. The van der Waals surface area contributed by atoms with Gasteiger partial charge >= 0.3 is 11.9 Å². The lowest BCUT2D eigenvalue weighted by molar-refractivity contribution is -0.150. The maximum Gasteiger partial charge on any atom is 0.322 e. The first-order valence-electron chi connectivity index (χ1n) is 19.8. The van der Waals surface area contributed by atoms with Gasteiger partial charge in [0.2, 0.25) is 5.91 Å². The van der Waals surface area contributed by atoms with E-state index in [-0.39, 0.29) is 24.5 Å². The van der Waals surface area contributed by atoms with E-state index in [4.69, 9.17) is 9.84 Å². The molecule has 2 N–H and O–H groups in total. The number of aliphatic carboxylic acids is 1. The molecule has 0 aromatic carbocycles. The van der Waals surface area contributed by atoms with Gasteiger partial charge < -0.3 is 15.2 Å². The normalized spacial score (nSPS) is 12.0. The third-order valence-corrected chi connectivity index (χ3v) is 8.94. The van der Waals surface area contributed by atoms with Gasteiger partial charge in [0, 0.05) is 12.8 Å². The molecular formula is C40H75NO5. The molecule has 46 heavy (non-hydrogen) atoms. The molecule has 0 saturated carbocycles. The zero-order valence-corrected chi connectivity index (χ0v) is 30.4. The highest BCUT2D eigenvalue weighted by Crippen LogP contribution is 2.18. The number of amides is 1. The average Bonchev–Trinajstić information content (AvgIpc) is 3.03. The van der Waals surface area contributed by atoms with E-state index >= 15 is 0 Å². The lowest BCUT2D eigenvalue weighted by Crippen LogP contribution is -2.28. The van der Waals surface area contributed by atoms with Crippen LogP contribution < -0.4 is 5.32 Å². The highest BCUT2D eigenvalue weighted by Gasteiger charge is 2.14. The second kappa shape index (κ2) is 36.0. The van der Waals surface area contributed by atoms with Crippen LogP contribution in [0.15, 0.2) is 12.2 Å². The van der Waals surface area contributed by atoms with Gasteiger partial charge in [-0.15, -0.1) is 0 Å². The Kier molecular flexibility index (Phi) is 34.5. The Morgan fingerprint density at radius 1 is 0.543 bits per heavy atom. The number of hydrogen-bond donors (Lipinski definition) is 2. The number of rotatable bonds is 36. The second-order valence-corrected chi connectivity index (χ2v) is 13.5. The van der Waals surface area contributed by atoms with Crippen molar-refractivity contribution >= 4 is 17.8 Å².